The fraction of sp³-hybridized carbons (Fsp3) is 0.655. The molecule has 0 spiro atoms. The van der Waals surface area contributed by atoms with E-state index < -0.39 is 30.1 Å². The second-order valence-corrected chi connectivity index (χ2v) is 10.9. The van der Waals surface area contributed by atoms with Gasteiger partial charge in [0.2, 0.25) is 6.79 Å². The quantitative estimate of drug-likeness (QED) is 0.428. The van der Waals surface area contributed by atoms with Crippen molar-refractivity contribution < 1.29 is 38.4 Å². The molecule has 0 saturated heterocycles. The van der Waals surface area contributed by atoms with E-state index >= 15 is 0 Å². The SMILES string of the molecule is CCCCN1CCc2cc3c(cc2[C@@H]2[C@H](OC(=O)[C@@](O)(CCC(C)C)CC(=O)OC)C(OC)=C[C@@H]21)OCO3. The lowest BCUT2D eigenvalue weighted by Gasteiger charge is -2.34. The lowest BCUT2D eigenvalue weighted by Crippen LogP contribution is -2.46. The summed E-state index contributed by atoms with van der Waals surface area (Å²) in [5.41, 5.74) is 0.122. The summed E-state index contributed by atoms with van der Waals surface area (Å²) in [6.45, 7) is 8.06. The van der Waals surface area contributed by atoms with E-state index in [0.29, 0.717) is 17.9 Å². The highest BCUT2D eigenvalue weighted by Crippen LogP contribution is 2.47. The Bertz CT molecular complexity index is 1050. The molecule has 9 heteroatoms. The number of rotatable bonds is 11. The third-order valence-corrected chi connectivity index (χ3v) is 7.84. The zero-order valence-corrected chi connectivity index (χ0v) is 23.2. The van der Waals surface area contributed by atoms with Gasteiger partial charge >= 0.3 is 11.9 Å². The molecule has 3 aliphatic rings. The molecule has 9 nitrogen and oxygen atoms in total. The zero-order valence-electron chi connectivity index (χ0n) is 23.2. The lowest BCUT2D eigenvalue weighted by atomic mass is 9.86. The molecule has 1 aromatic carbocycles. The van der Waals surface area contributed by atoms with Crippen LogP contribution < -0.4 is 9.47 Å². The number of hydrogen-bond donors (Lipinski definition) is 1. The molecule has 1 aliphatic carbocycles. The average molecular weight is 532 g/mol. The molecule has 0 saturated carbocycles. The van der Waals surface area contributed by atoms with Crippen molar-refractivity contribution in [3.8, 4) is 11.5 Å². The maximum absolute atomic E-state index is 13.6. The fourth-order valence-corrected chi connectivity index (χ4v) is 5.61. The Hall–Kier alpha value is -2.78. The van der Waals surface area contributed by atoms with Gasteiger partial charge in [0, 0.05) is 18.5 Å². The Balaban J connectivity index is 1.70. The van der Waals surface area contributed by atoms with E-state index in [4.69, 9.17) is 23.7 Å². The molecule has 0 amide bonds. The van der Waals surface area contributed by atoms with Crippen molar-refractivity contribution in [1.29, 1.82) is 0 Å². The number of ether oxygens (including phenoxy) is 5. The van der Waals surface area contributed by atoms with Crippen LogP contribution in [-0.4, -0.2) is 73.8 Å². The molecule has 4 rings (SSSR count). The molecule has 0 unspecified atom stereocenters. The minimum atomic E-state index is -2.00. The summed E-state index contributed by atoms with van der Waals surface area (Å²) in [6, 6.07) is 3.95. The van der Waals surface area contributed by atoms with Crippen LogP contribution in [-0.2, 0) is 30.2 Å². The standard InChI is InChI=1S/C29H41NO8/c1-6-7-11-30-12-9-19-13-22-23(37-17-36-22)14-20(19)26-21(30)15-24(34-4)27(26)38-28(32)29(33,10-8-18(2)3)16-25(31)35-5/h13-15,18,21,26-27,33H,6-12,16-17H2,1-5H3/t21-,26-,27+,29+/m0/s1. The molecule has 0 radical (unpaired) electrons. The van der Waals surface area contributed by atoms with Crippen LogP contribution in [0, 0.1) is 5.92 Å². The van der Waals surface area contributed by atoms with Crippen molar-refractivity contribution in [3.05, 3.63) is 35.1 Å². The monoisotopic (exact) mass is 531 g/mol. The molecule has 2 heterocycles. The summed E-state index contributed by atoms with van der Waals surface area (Å²) in [4.78, 5) is 28.2. The summed E-state index contributed by atoms with van der Waals surface area (Å²) < 4.78 is 28.0. The van der Waals surface area contributed by atoms with Gasteiger partial charge in [-0.3, -0.25) is 9.69 Å². The van der Waals surface area contributed by atoms with Crippen LogP contribution in [0.5, 0.6) is 11.5 Å². The Kier molecular flexibility index (Phi) is 8.88. The van der Waals surface area contributed by atoms with Gasteiger partial charge in [-0.15, -0.1) is 0 Å². The molecule has 4 atom stereocenters. The van der Waals surface area contributed by atoms with Gasteiger partial charge in [-0.05, 0) is 67.5 Å². The van der Waals surface area contributed by atoms with E-state index in [1.807, 2.05) is 32.1 Å². The van der Waals surface area contributed by atoms with Crippen molar-refractivity contribution in [2.45, 2.75) is 83.0 Å². The summed E-state index contributed by atoms with van der Waals surface area (Å²) in [6.07, 6.45) is 4.34. The fourth-order valence-electron chi connectivity index (χ4n) is 5.61. The number of benzene rings is 1. The van der Waals surface area contributed by atoms with Gasteiger partial charge in [0.15, 0.2) is 23.2 Å². The van der Waals surface area contributed by atoms with Gasteiger partial charge in [-0.25, -0.2) is 4.79 Å². The predicted octanol–water partition coefficient (Wildman–Crippen LogP) is 3.71. The van der Waals surface area contributed by atoms with E-state index in [2.05, 4.69) is 11.8 Å². The summed E-state index contributed by atoms with van der Waals surface area (Å²) in [7, 11) is 2.80. The number of fused-ring (bicyclic) bond motifs is 4. The number of unbranched alkanes of at least 4 members (excludes halogenated alkanes) is 1. The predicted molar refractivity (Wildman–Crippen MR) is 140 cm³/mol. The molecule has 38 heavy (non-hydrogen) atoms. The van der Waals surface area contributed by atoms with Crippen molar-refractivity contribution in [1.82, 2.24) is 4.90 Å². The molecule has 210 valence electrons. The van der Waals surface area contributed by atoms with Crippen LogP contribution in [0.4, 0.5) is 0 Å². The topological polar surface area (TPSA) is 104 Å². The van der Waals surface area contributed by atoms with E-state index in [9.17, 15) is 14.7 Å². The number of carbonyl (C=O) groups excluding carboxylic acids is 2. The minimum absolute atomic E-state index is 0.0692. The van der Waals surface area contributed by atoms with Crippen LogP contribution in [0.25, 0.3) is 0 Å². The molecule has 2 aliphatic heterocycles. The number of aliphatic hydroxyl groups is 1. The Morgan fingerprint density at radius 1 is 1.21 bits per heavy atom. The van der Waals surface area contributed by atoms with Crippen LogP contribution in [0.1, 0.15) is 69.9 Å². The van der Waals surface area contributed by atoms with E-state index in [1.165, 1.54) is 7.11 Å². The molecular weight excluding hydrogens is 490 g/mol. The van der Waals surface area contributed by atoms with E-state index in [1.54, 1.807) is 7.11 Å². The van der Waals surface area contributed by atoms with Gasteiger partial charge in [-0.1, -0.05) is 27.2 Å². The maximum atomic E-state index is 13.6. The highest BCUT2D eigenvalue weighted by Gasteiger charge is 2.49. The van der Waals surface area contributed by atoms with Gasteiger partial charge in [-0.2, -0.15) is 0 Å². The Morgan fingerprint density at radius 2 is 1.95 bits per heavy atom. The van der Waals surface area contributed by atoms with Crippen molar-refractivity contribution >= 4 is 11.9 Å². The van der Waals surface area contributed by atoms with Crippen LogP contribution in [0.15, 0.2) is 24.0 Å². The van der Waals surface area contributed by atoms with Crippen molar-refractivity contribution in [3.63, 3.8) is 0 Å². The van der Waals surface area contributed by atoms with Gasteiger partial charge < -0.3 is 28.8 Å². The minimum Gasteiger partial charge on any atom is -0.497 e. The molecular formula is C29H41NO8. The van der Waals surface area contributed by atoms with E-state index in [-0.39, 0.29) is 31.1 Å². The Morgan fingerprint density at radius 3 is 2.61 bits per heavy atom. The Labute approximate surface area is 225 Å². The number of hydrogen-bond acceptors (Lipinski definition) is 9. The number of esters is 2. The van der Waals surface area contributed by atoms with Crippen molar-refractivity contribution in [2.75, 3.05) is 34.1 Å². The molecule has 0 aromatic heterocycles. The highest BCUT2D eigenvalue weighted by molar-refractivity contribution is 5.86. The van der Waals surface area contributed by atoms with Gasteiger partial charge in [0.1, 0.15) is 5.76 Å². The molecule has 1 N–H and O–H groups in total. The number of methoxy groups -OCH3 is 2. The molecule has 0 fully saturated rings. The highest BCUT2D eigenvalue weighted by atomic mass is 16.7. The van der Waals surface area contributed by atoms with E-state index in [0.717, 1.165) is 49.2 Å². The molecule has 0 bridgehead atoms. The third-order valence-electron chi connectivity index (χ3n) is 7.84. The number of carbonyl (C=O) groups is 2. The first-order valence-electron chi connectivity index (χ1n) is 13.6. The zero-order chi connectivity index (χ0) is 27.4. The summed E-state index contributed by atoms with van der Waals surface area (Å²) in [5, 5.41) is 11.4. The second kappa shape index (κ2) is 11.9. The average Bonchev–Trinajstić information content (AvgIpc) is 3.46. The molecule has 1 aromatic rings. The summed E-state index contributed by atoms with van der Waals surface area (Å²) in [5.74, 6) is 0.355. The smallest absolute Gasteiger partial charge is 0.339 e. The van der Waals surface area contributed by atoms with Crippen LogP contribution in [0.2, 0.25) is 0 Å². The largest absolute Gasteiger partial charge is 0.497 e. The second-order valence-electron chi connectivity index (χ2n) is 10.9. The first-order chi connectivity index (χ1) is 18.2. The first kappa shape index (κ1) is 28.2. The van der Waals surface area contributed by atoms with Crippen LogP contribution >= 0.6 is 0 Å². The lowest BCUT2D eigenvalue weighted by molar-refractivity contribution is -0.178. The maximum Gasteiger partial charge on any atom is 0.339 e. The van der Waals surface area contributed by atoms with Gasteiger partial charge in [0.05, 0.1) is 20.6 Å². The third kappa shape index (κ3) is 5.78. The summed E-state index contributed by atoms with van der Waals surface area (Å²) >= 11 is 0. The normalized spacial score (nSPS) is 23.7. The number of nitrogens with zero attached hydrogens (tertiary/aromatic N) is 1. The van der Waals surface area contributed by atoms with Crippen molar-refractivity contribution in [2.24, 2.45) is 5.92 Å². The van der Waals surface area contributed by atoms with Gasteiger partial charge in [0.25, 0.3) is 0 Å². The van der Waals surface area contributed by atoms with Crippen LogP contribution in [0.3, 0.4) is 0 Å². The first-order valence-corrected chi connectivity index (χ1v) is 13.6.